The molecule has 0 saturated heterocycles. The fourth-order valence-corrected chi connectivity index (χ4v) is 1.81. The van der Waals surface area contributed by atoms with E-state index in [2.05, 4.69) is 22.1 Å². The van der Waals surface area contributed by atoms with E-state index in [0.29, 0.717) is 6.54 Å². The molecule has 1 saturated carbocycles. The van der Waals surface area contributed by atoms with Crippen molar-refractivity contribution >= 4 is 0 Å². The summed E-state index contributed by atoms with van der Waals surface area (Å²) >= 11 is 0. The summed E-state index contributed by atoms with van der Waals surface area (Å²) in [6, 6.07) is 0.826. The first-order valence-corrected chi connectivity index (χ1v) is 5.66. The van der Waals surface area contributed by atoms with E-state index in [1.54, 1.807) is 0 Å². The highest BCUT2D eigenvalue weighted by Gasteiger charge is 2.27. The zero-order valence-corrected chi connectivity index (χ0v) is 9.26. The van der Waals surface area contributed by atoms with Crippen LogP contribution in [0.25, 0.3) is 0 Å². The minimum atomic E-state index is 0.472. The third kappa shape index (κ3) is 2.76. The fourth-order valence-electron chi connectivity index (χ4n) is 1.81. The van der Waals surface area contributed by atoms with Crippen LogP contribution < -0.4 is 5.73 Å². The lowest BCUT2D eigenvalue weighted by molar-refractivity contribution is 0.260. The molecule has 1 heterocycles. The number of hydrogen-bond acceptors (Lipinski definition) is 4. The van der Waals surface area contributed by atoms with Crippen molar-refractivity contribution < 1.29 is 0 Å². The molecule has 5 nitrogen and oxygen atoms in total. The first kappa shape index (κ1) is 10.6. The summed E-state index contributed by atoms with van der Waals surface area (Å²) in [6.45, 7) is 5.79. The predicted molar refractivity (Wildman–Crippen MR) is 58.2 cm³/mol. The summed E-state index contributed by atoms with van der Waals surface area (Å²) < 4.78 is 1.88. The van der Waals surface area contributed by atoms with E-state index in [9.17, 15) is 0 Å². The lowest BCUT2D eigenvalue weighted by Crippen LogP contribution is -2.29. The van der Waals surface area contributed by atoms with Gasteiger partial charge < -0.3 is 5.73 Å². The molecule has 1 aromatic heterocycles. The Bertz CT molecular complexity index is 305. The molecule has 0 bridgehead atoms. The van der Waals surface area contributed by atoms with Crippen LogP contribution in [0.1, 0.15) is 25.5 Å². The molecule has 0 amide bonds. The molecule has 0 spiro atoms. The maximum atomic E-state index is 5.48. The van der Waals surface area contributed by atoms with Crippen molar-refractivity contribution in [2.24, 2.45) is 5.73 Å². The average molecular weight is 209 g/mol. The zero-order chi connectivity index (χ0) is 10.7. The van der Waals surface area contributed by atoms with E-state index in [1.807, 2.05) is 10.9 Å². The molecule has 15 heavy (non-hydrogen) atoms. The summed E-state index contributed by atoms with van der Waals surface area (Å²) in [7, 11) is 0. The molecule has 2 rings (SSSR count). The van der Waals surface area contributed by atoms with E-state index < -0.39 is 0 Å². The third-order valence-corrected chi connectivity index (χ3v) is 2.88. The zero-order valence-electron chi connectivity index (χ0n) is 9.26. The van der Waals surface area contributed by atoms with Gasteiger partial charge in [0.1, 0.15) is 0 Å². The number of nitrogens with zero attached hydrogens (tertiary/aromatic N) is 4. The van der Waals surface area contributed by atoms with E-state index in [-0.39, 0.29) is 0 Å². The molecular formula is C10H19N5. The van der Waals surface area contributed by atoms with Crippen LogP contribution >= 0.6 is 0 Å². The largest absolute Gasteiger partial charge is 0.325 e. The Hall–Kier alpha value is -0.940. The summed E-state index contributed by atoms with van der Waals surface area (Å²) in [4.78, 5) is 2.50. The molecule has 1 aliphatic rings. The minimum Gasteiger partial charge on any atom is -0.325 e. The summed E-state index contributed by atoms with van der Waals surface area (Å²) in [5.74, 6) is 0. The van der Waals surface area contributed by atoms with Crippen LogP contribution in [0.5, 0.6) is 0 Å². The Morgan fingerprint density at radius 1 is 1.60 bits per heavy atom. The van der Waals surface area contributed by atoms with Gasteiger partial charge in [-0.3, -0.25) is 9.58 Å². The van der Waals surface area contributed by atoms with Crippen molar-refractivity contribution in [2.45, 2.75) is 38.9 Å². The van der Waals surface area contributed by atoms with Crippen LogP contribution in [0.15, 0.2) is 6.20 Å². The summed E-state index contributed by atoms with van der Waals surface area (Å²) in [5, 5.41) is 8.00. The Balaban J connectivity index is 1.80. The standard InChI is InChI=1S/C10H19N5/c1-2-14(10-3-4-10)5-6-15-8-9(7-11)12-13-15/h8,10H,2-7,11H2,1H3. The summed E-state index contributed by atoms with van der Waals surface area (Å²) in [6.07, 6.45) is 4.65. The number of hydrogen-bond donors (Lipinski definition) is 1. The van der Waals surface area contributed by atoms with Gasteiger partial charge in [-0.05, 0) is 19.4 Å². The molecule has 0 aromatic carbocycles. The molecule has 0 unspecified atom stereocenters. The molecule has 0 atom stereocenters. The van der Waals surface area contributed by atoms with Crippen molar-refractivity contribution in [3.8, 4) is 0 Å². The van der Waals surface area contributed by atoms with Crippen molar-refractivity contribution in [1.82, 2.24) is 19.9 Å². The molecule has 84 valence electrons. The van der Waals surface area contributed by atoms with Gasteiger partial charge in [0.15, 0.2) is 0 Å². The van der Waals surface area contributed by atoms with Crippen molar-refractivity contribution in [3.63, 3.8) is 0 Å². The molecule has 2 N–H and O–H groups in total. The van der Waals surface area contributed by atoms with Gasteiger partial charge in [-0.2, -0.15) is 0 Å². The van der Waals surface area contributed by atoms with Crippen molar-refractivity contribution in [3.05, 3.63) is 11.9 Å². The van der Waals surface area contributed by atoms with Gasteiger partial charge in [-0.1, -0.05) is 12.1 Å². The molecule has 1 aromatic rings. The van der Waals surface area contributed by atoms with Crippen LogP contribution in [0.2, 0.25) is 0 Å². The van der Waals surface area contributed by atoms with Gasteiger partial charge in [0.2, 0.25) is 0 Å². The maximum absolute atomic E-state index is 5.48. The maximum Gasteiger partial charge on any atom is 0.0962 e. The second kappa shape index (κ2) is 4.72. The van der Waals surface area contributed by atoms with Crippen molar-refractivity contribution in [2.75, 3.05) is 13.1 Å². The van der Waals surface area contributed by atoms with E-state index in [0.717, 1.165) is 31.4 Å². The highest BCUT2D eigenvalue weighted by molar-refractivity contribution is 4.90. The van der Waals surface area contributed by atoms with Gasteiger partial charge in [-0.25, -0.2) is 0 Å². The normalized spacial score (nSPS) is 16.2. The fraction of sp³-hybridized carbons (Fsp3) is 0.800. The highest BCUT2D eigenvalue weighted by atomic mass is 15.4. The second-order valence-corrected chi connectivity index (χ2v) is 4.04. The molecule has 1 fully saturated rings. The minimum absolute atomic E-state index is 0.472. The van der Waals surface area contributed by atoms with E-state index in [4.69, 9.17) is 5.73 Å². The van der Waals surface area contributed by atoms with Gasteiger partial charge in [0.05, 0.1) is 12.2 Å². The van der Waals surface area contributed by atoms with Gasteiger partial charge in [0.25, 0.3) is 0 Å². The highest BCUT2D eigenvalue weighted by Crippen LogP contribution is 2.26. The Labute approximate surface area is 90.2 Å². The van der Waals surface area contributed by atoms with Crippen LogP contribution in [-0.2, 0) is 13.1 Å². The predicted octanol–water partition coefficient (Wildman–Crippen LogP) is 0.221. The number of likely N-dealkylation sites (N-methyl/N-ethyl adjacent to an activating group) is 1. The first-order valence-electron chi connectivity index (χ1n) is 5.66. The monoisotopic (exact) mass is 209 g/mol. The van der Waals surface area contributed by atoms with Crippen LogP contribution in [0.4, 0.5) is 0 Å². The van der Waals surface area contributed by atoms with Gasteiger partial charge >= 0.3 is 0 Å². The van der Waals surface area contributed by atoms with Crippen molar-refractivity contribution in [1.29, 1.82) is 0 Å². The second-order valence-electron chi connectivity index (χ2n) is 4.04. The quantitative estimate of drug-likeness (QED) is 0.728. The molecule has 1 aliphatic carbocycles. The lowest BCUT2D eigenvalue weighted by Gasteiger charge is -2.19. The molecule has 0 radical (unpaired) electrons. The summed E-state index contributed by atoms with van der Waals surface area (Å²) in [5.41, 5.74) is 6.34. The Kier molecular flexibility index (Phi) is 3.33. The molecule has 5 heteroatoms. The topological polar surface area (TPSA) is 60.0 Å². The third-order valence-electron chi connectivity index (χ3n) is 2.88. The smallest absolute Gasteiger partial charge is 0.0962 e. The van der Waals surface area contributed by atoms with Gasteiger partial charge in [-0.15, -0.1) is 5.10 Å². The van der Waals surface area contributed by atoms with Crippen LogP contribution in [-0.4, -0.2) is 39.0 Å². The van der Waals surface area contributed by atoms with Gasteiger partial charge in [0, 0.05) is 25.3 Å². The molecular weight excluding hydrogens is 190 g/mol. The first-order chi connectivity index (χ1) is 7.33. The van der Waals surface area contributed by atoms with Crippen LogP contribution in [0, 0.1) is 0 Å². The van der Waals surface area contributed by atoms with E-state index >= 15 is 0 Å². The number of aromatic nitrogens is 3. The van der Waals surface area contributed by atoms with Crippen LogP contribution in [0.3, 0.4) is 0 Å². The average Bonchev–Trinajstić information content (AvgIpc) is 2.98. The lowest BCUT2D eigenvalue weighted by atomic mass is 10.4. The molecule has 0 aliphatic heterocycles. The Morgan fingerprint density at radius 2 is 2.40 bits per heavy atom. The van der Waals surface area contributed by atoms with E-state index in [1.165, 1.54) is 12.8 Å². The number of rotatable bonds is 6. The number of nitrogens with two attached hydrogens (primary N) is 1. The Morgan fingerprint density at radius 3 is 2.93 bits per heavy atom. The SMILES string of the molecule is CCN(CCn1cc(CN)nn1)C1CC1.